The summed E-state index contributed by atoms with van der Waals surface area (Å²) in [4.78, 5) is 0. The number of benzene rings is 2. The summed E-state index contributed by atoms with van der Waals surface area (Å²) in [6, 6.07) is 12.8. The Kier molecular flexibility index (Phi) is 4.28. The molecular formula is C17H20ClN. The van der Waals surface area contributed by atoms with E-state index in [1.54, 1.807) is 0 Å². The first-order valence-corrected chi connectivity index (χ1v) is 6.91. The fraction of sp³-hybridized carbons (Fsp3) is 0.294. The van der Waals surface area contributed by atoms with Gasteiger partial charge in [-0.2, -0.15) is 0 Å². The molecule has 100 valence electrons. The van der Waals surface area contributed by atoms with E-state index >= 15 is 0 Å². The maximum atomic E-state index is 6.14. The monoisotopic (exact) mass is 273 g/mol. The van der Waals surface area contributed by atoms with E-state index in [4.69, 9.17) is 11.6 Å². The summed E-state index contributed by atoms with van der Waals surface area (Å²) < 4.78 is 0. The van der Waals surface area contributed by atoms with Crippen molar-refractivity contribution in [2.45, 2.75) is 26.8 Å². The smallest absolute Gasteiger partial charge is 0.0580 e. The molecule has 19 heavy (non-hydrogen) atoms. The summed E-state index contributed by atoms with van der Waals surface area (Å²) in [5.74, 6) is 0. The van der Waals surface area contributed by atoms with E-state index in [0.717, 1.165) is 5.02 Å². The highest BCUT2D eigenvalue weighted by Crippen LogP contribution is 2.29. The van der Waals surface area contributed by atoms with Crippen LogP contribution in [-0.2, 0) is 0 Å². The molecule has 0 amide bonds. The van der Waals surface area contributed by atoms with E-state index < -0.39 is 0 Å². The quantitative estimate of drug-likeness (QED) is 0.863. The second-order valence-corrected chi connectivity index (χ2v) is 5.52. The van der Waals surface area contributed by atoms with Gasteiger partial charge in [0.15, 0.2) is 0 Å². The molecule has 1 unspecified atom stereocenters. The third-order valence-corrected chi connectivity index (χ3v) is 3.81. The van der Waals surface area contributed by atoms with Gasteiger partial charge in [0, 0.05) is 5.02 Å². The molecule has 0 aliphatic carbocycles. The summed E-state index contributed by atoms with van der Waals surface area (Å²) in [6.45, 7) is 6.40. The van der Waals surface area contributed by atoms with Crippen LogP contribution in [0.25, 0.3) is 0 Å². The Morgan fingerprint density at radius 3 is 2.26 bits per heavy atom. The number of aryl methyl sites for hydroxylation is 3. The molecule has 0 bridgehead atoms. The van der Waals surface area contributed by atoms with Gasteiger partial charge in [0.25, 0.3) is 0 Å². The number of halogens is 1. The predicted molar refractivity (Wildman–Crippen MR) is 83.0 cm³/mol. The van der Waals surface area contributed by atoms with Crippen LogP contribution in [0.3, 0.4) is 0 Å². The molecule has 1 N–H and O–H groups in total. The van der Waals surface area contributed by atoms with Crippen LogP contribution in [0, 0.1) is 20.8 Å². The summed E-state index contributed by atoms with van der Waals surface area (Å²) >= 11 is 6.14. The largest absolute Gasteiger partial charge is 0.309 e. The first kappa shape index (κ1) is 14.1. The highest BCUT2D eigenvalue weighted by atomic mass is 35.5. The number of hydrogen-bond acceptors (Lipinski definition) is 1. The van der Waals surface area contributed by atoms with E-state index in [-0.39, 0.29) is 6.04 Å². The minimum Gasteiger partial charge on any atom is -0.309 e. The van der Waals surface area contributed by atoms with Crippen LogP contribution in [0.1, 0.15) is 33.9 Å². The van der Waals surface area contributed by atoms with Crippen molar-refractivity contribution in [3.63, 3.8) is 0 Å². The lowest BCUT2D eigenvalue weighted by molar-refractivity contribution is 0.683. The fourth-order valence-electron chi connectivity index (χ4n) is 2.55. The zero-order chi connectivity index (χ0) is 14.0. The fourth-order valence-corrected chi connectivity index (χ4v) is 2.73. The topological polar surface area (TPSA) is 12.0 Å². The molecule has 0 spiro atoms. The normalized spacial score (nSPS) is 12.5. The van der Waals surface area contributed by atoms with Crippen molar-refractivity contribution in [1.82, 2.24) is 5.32 Å². The van der Waals surface area contributed by atoms with Crippen molar-refractivity contribution < 1.29 is 0 Å². The summed E-state index contributed by atoms with van der Waals surface area (Å²) in [7, 11) is 1.99. The van der Waals surface area contributed by atoms with Gasteiger partial charge in [-0.3, -0.25) is 0 Å². The lowest BCUT2D eigenvalue weighted by atomic mass is 9.91. The second kappa shape index (κ2) is 5.77. The van der Waals surface area contributed by atoms with Crippen molar-refractivity contribution >= 4 is 11.6 Å². The Bertz CT molecular complexity index is 590. The van der Waals surface area contributed by atoms with Crippen molar-refractivity contribution in [1.29, 1.82) is 0 Å². The van der Waals surface area contributed by atoms with Crippen molar-refractivity contribution in [3.05, 3.63) is 69.2 Å². The second-order valence-electron chi connectivity index (χ2n) is 5.08. The van der Waals surface area contributed by atoms with Gasteiger partial charge in [0.05, 0.1) is 6.04 Å². The molecule has 0 aromatic heterocycles. The van der Waals surface area contributed by atoms with E-state index in [1.165, 1.54) is 27.8 Å². The molecule has 1 atom stereocenters. The first-order chi connectivity index (χ1) is 9.02. The van der Waals surface area contributed by atoms with E-state index in [1.807, 2.05) is 13.1 Å². The minimum absolute atomic E-state index is 0.180. The molecule has 1 nitrogen and oxygen atoms in total. The van der Waals surface area contributed by atoms with Gasteiger partial charge < -0.3 is 5.32 Å². The SMILES string of the molecule is CNC(c1ccc(C)cc1C)c1cc(Cl)ccc1C. The zero-order valence-electron chi connectivity index (χ0n) is 11.9. The summed E-state index contributed by atoms with van der Waals surface area (Å²) in [5, 5.41) is 4.19. The molecule has 2 aromatic carbocycles. The van der Waals surface area contributed by atoms with Gasteiger partial charge >= 0.3 is 0 Å². The van der Waals surface area contributed by atoms with Crippen LogP contribution >= 0.6 is 11.6 Å². The average molecular weight is 274 g/mol. The van der Waals surface area contributed by atoms with Crippen LogP contribution < -0.4 is 5.32 Å². The van der Waals surface area contributed by atoms with Gasteiger partial charge in [0.2, 0.25) is 0 Å². The summed E-state index contributed by atoms with van der Waals surface area (Å²) in [5.41, 5.74) is 6.39. The van der Waals surface area contributed by atoms with Crippen molar-refractivity contribution in [2.75, 3.05) is 7.05 Å². The molecule has 0 fully saturated rings. The third-order valence-electron chi connectivity index (χ3n) is 3.58. The van der Waals surface area contributed by atoms with Crippen LogP contribution in [0.4, 0.5) is 0 Å². The highest BCUT2D eigenvalue weighted by molar-refractivity contribution is 6.30. The molecule has 2 aromatic rings. The average Bonchev–Trinajstić information content (AvgIpc) is 2.36. The van der Waals surface area contributed by atoms with Gasteiger partial charge in [0.1, 0.15) is 0 Å². The Hall–Kier alpha value is -1.31. The summed E-state index contributed by atoms with van der Waals surface area (Å²) in [6.07, 6.45) is 0. The van der Waals surface area contributed by atoms with Gasteiger partial charge in [-0.05, 0) is 62.2 Å². The molecule has 2 heteroatoms. The zero-order valence-corrected chi connectivity index (χ0v) is 12.7. The van der Waals surface area contributed by atoms with Crippen molar-refractivity contribution in [3.8, 4) is 0 Å². The standard InChI is InChI=1S/C17H20ClN/c1-11-5-8-15(13(3)9-11)17(19-4)16-10-14(18)7-6-12(16)2/h5-10,17,19H,1-4H3. The molecule has 2 rings (SSSR count). The lowest BCUT2D eigenvalue weighted by Crippen LogP contribution is -2.19. The van der Waals surface area contributed by atoms with E-state index in [0.29, 0.717) is 0 Å². The lowest BCUT2D eigenvalue weighted by Gasteiger charge is -2.22. The molecule has 0 saturated heterocycles. The third kappa shape index (κ3) is 2.99. The Morgan fingerprint density at radius 2 is 1.63 bits per heavy atom. The molecule has 0 aliphatic rings. The van der Waals surface area contributed by atoms with Gasteiger partial charge in [-0.15, -0.1) is 0 Å². The van der Waals surface area contributed by atoms with Gasteiger partial charge in [-0.1, -0.05) is 41.4 Å². The van der Waals surface area contributed by atoms with Crippen LogP contribution in [0.5, 0.6) is 0 Å². The minimum atomic E-state index is 0.180. The Labute approximate surface area is 120 Å². The van der Waals surface area contributed by atoms with Gasteiger partial charge in [-0.25, -0.2) is 0 Å². The maximum Gasteiger partial charge on any atom is 0.0580 e. The van der Waals surface area contributed by atoms with Crippen LogP contribution in [-0.4, -0.2) is 7.05 Å². The molecule has 0 saturated carbocycles. The van der Waals surface area contributed by atoms with E-state index in [9.17, 15) is 0 Å². The maximum absolute atomic E-state index is 6.14. The molecule has 0 aliphatic heterocycles. The number of hydrogen-bond donors (Lipinski definition) is 1. The Balaban J connectivity index is 2.52. The van der Waals surface area contributed by atoms with Crippen LogP contribution in [0.15, 0.2) is 36.4 Å². The predicted octanol–water partition coefficient (Wildman–Crippen LogP) is 4.57. The van der Waals surface area contributed by atoms with Crippen molar-refractivity contribution in [2.24, 2.45) is 0 Å². The number of rotatable bonds is 3. The molecular weight excluding hydrogens is 254 g/mol. The molecule has 0 heterocycles. The van der Waals surface area contributed by atoms with Crippen LogP contribution in [0.2, 0.25) is 5.02 Å². The number of nitrogens with one attached hydrogen (secondary N) is 1. The van der Waals surface area contributed by atoms with E-state index in [2.05, 4.69) is 56.4 Å². The Morgan fingerprint density at radius 1 is 0.895 bits per heavy atom. The highest BCUT2D eigenvalue weighted by Gasteiger charge is 2.16. The first-order valence-electron chi connectivity index (χ1n) is 6.53. The molecule has 0 radical (unpaired) electrons.